The maximum Gasteiger partial charge on any atom is 0.276 e. The van der Waals surface area contributed by atoms with Crippen LogP contribution in [0.25, 0.3) is 11.4 Å². The minimum absolute atomic E-state index is 0.0438. The Morgan fingerprint density at radius 1 is 1.20 bits per heavy atom. The topological polar surface area (TPSA) is 156 Å². The number of nitrogens with two attached hydrogens (primary N) is 2. The Kier molecular flexibility index (Phi) is 5.40. The Morgan fingerprint density at radius 2 is 2.07 bits per heavy atom. The smallest absolute Gasteiger partial charge is 0.276 e. The Hall–Kier alpha value is -3.79. The fourth-order valence-corrected chi connectivity index (χ4v) is 3.48. The third kappa shape index (κ3) is 4.13. The zero-order chi connectivity index (χ0) is 21.1. The maximum atomic E-state index is 13.0. The number of nitrogen functional groups attached to an aromatic ring is 1. The van der Waals surface area contributed by atoms with Gasteiger partial charge in [0.25, 0.3) is 11.5 Å². The second kappa shape index (κ2) is 8.29. The average molecular weight is 406 g/mol. The van der Waals surface area contributed by atoms with Gasteiger partial charge in [-0.25, -0.2) is 4.98 Å². The van der Waals surface area contributed by atoms with Crippen molar-refractivity contribution in [2.45, 2.75) is 18.9 Å². The molecule has 1 atom stereocenters. The summed E-state index contributed by atoms with van der Waals surface area (Å²) in [6.07, 6.45) is 7.85. The summed E-state index contributed by atoms with van der Waals surface area (Å²) in [5.74, 6) is -0.476. The molecule has 154 valence electrons. The molecule has 0 bridgehead atoms. The number of hydrogen-bond donors (Lipinski definition) is 4. The van der Waals surface area contributed by atoms with Gasteiger partial charge in [0.2, 0.25) is 0 Å². The predicted octanol–water partition coefficient (Wildman–Crippen LogP) is 0.989. The number of piperidine rings is 1. The number of pyridine rings is 2. The number of aromatic amines is 1. The summed E-state index contributed by atoms with van der Waals surface area (Å²) in [6.45, 7) is 1.56. The number of anilines is 3. The molecular formula is C20H22N8O2. The van der Waals surface area contributed by atoms with E-state index in [1.165, 1.54) is 6.20 Å². The van der Waals surface area contributed by atoms with E-state index in [0.717, 1.165) is 31.3 Å². The van der Waals surface area contributed by atoms with Gasteiger partial charge in [0.1, 0.15) is 0 Å². The summed E-state index contributed by atoms with van der Waals surface area (Å²) >= 11 is 0. The first-order chi connectivity index (χ1) is 14.5. The molecule has 1 amide bonds. The molecule has 1 saturated heterocycles. The lowest BCUT2D eigenvalue weighted by Crippen LogP contribution is -2.43. The Morgan fingerprint density at radius 3 is 2.87 bits per heavy atom. The highest BCUT2D eigenvalue weighted by atomic mass is 16.2. The van der Waals surface area contributed by atoms with Gasteiger partial charge in [0.15, 0.2) is 5.69 Å². The summed E-state index contributed by atoms with van der Waals surface area (Å²) in [5, 5.41) is 2.86. The van der Waals surface area contributed by atoms with E-state index in [9.17, 15) is 9.59 Å². The van der Waals surface area contributed by atoms with Crippen molar-refractivity contribution in [1.29, 1.82) is 0 Å². The maximum absolute atomic E-state index is 13.0. The van der Waals surface area contributed by atoms with Crippen molar-refractivity contribution in [3.63, 3.8) is 0 Å². The van der Waals surface area contributed by atoms with E-state index in [4.69, 9.17) is 11.5 Å². The molecule has 0 saturated carbocycles. The number of nitrogens with one attached hydrogen (secondary N) is 2. The largest absolute Gasteiger partial charge is 0.397 e. The quantitative estimate of drug-likeness (QED) is 0.500. The number of nitrogens with zero attached hydrogens (tertiary/aromatic N) is 4. The Balaban J connectivity index is 1.62. The van der Waals surface area contributed by atoms with Gasteiger partial charge in [-0.3, -0.25) is 19.6 Å². The summed E-state index contributed by atoms with van der Waals surface area (Å²) in [4.78, 5) is 41.6. The highest BCUT2D eigenvalue weighted by Crippen LogP contribution is 2.28. The highest BCUT2D eigenvalue weighted by molar-refractivity contribution is 6.07. The van der Waals surface area contributed by atoms with Crippen molar-refractivity contribution in [3.8, 4) is 11.4 Å². The molecule has 10 nitrogen and oxygen atoms in total. The van der Waals surface area contributed by atoms with Gasteiger partial charge in [0.05, 0.1) is 47.0 Å². The van der Waals surface area contributed by atoms with Crippen molar-refractivity contribution in [2.75, 3.05) is 29.0 Å². The van der Waals surface area contributed by atoms with Crippen molar-refractivity contribution >= 4 is 23.0 Å². The highest BCUT2D eigenvalue weighted by Gasteiger charge is 2.21. The fraction of sp³-hybridized carbons (Fsp3) is 0.250. The molecule has 1 aliphatic rings. The van der Waals surface area contributed by atoms with Gasteiger partial charge in [-0.05, 0) is 31.0 Å². The summed E-state index contributed by atoms with van der Waals surface area (Å²) < 4.78 is 0. The number of carbonyl (C=O) groups is 1. The number of amides is 1. The first-order valence-corrected chi connectivity index (χ1v) is 9.58. The van der Waals surface area contributed by atoms with Crippen LogP contribution in [0.15, 0.2) is 47.8 Å². The van der Waals surface area contributed by atoms with E-state index >= 15 is 0 Å². The first-order valence-electron chi connectivity index (χ1n) is 9.58. The second-order valence-electron chi connectivity index (χ2n) is 7.14. The molecule has 4 heterocycles. The minimum atomic E-state index is -0.476. The van der Waals surface area contributed by atoms with Crippen LogP contribution in [0.5, 0.6) is 0 Å². The SMILES string of the molecule is Nc1ccc(-c2cncc(=O)[nH]2)nc1C(=O)Nc1cnccc1N1CCC[C@H](N)C1. The molecule has 0 radical (unpaired) electrons. The predicted molar refractivity (Wildman–Crippen MR) is 114 cm³/mol. The van der Waals surface area contributed by atoms with Crippen LogP contribution in [0, 0.1) is 0 Å². The molecule has 6 N–H and O–H groups in total. The van der Waals surface area contributed by atoms with E-state index < -0.39 is 5.91 Å². The Bertz CT molecular complexity index is 1130. The number of hydrogen-bond acceptors (Lipinski definition) is 8. The lowest BCUT2D eigenvalue weighted by molar-refractivity contribution is 0.102. The molecule has 0 aliphatic carbocycles. The van der Waals surface area contributed by atoms with Gasteiger partial charge < -0.3 is 26.7 Å². The van der Waals surface area contributed by atoms with Crippen LogP contribution in [0.2, 0.25) is 0 Å². The van der Waals surface area contributed by atoms with Gasteiger partial charge in [0, 0.05) is 25.3 Å². The number of aromatic nitrogens is 4. The molecule has 0 aromatic carbocycles. The molecule has 0 spiro atoms. The van der Waals surface area contributed by atoms with E-state index in [-0.39, 0.29) is 23.0 Å². The lowest BCUT2D eigenvalue weighted by Gasteiger charge is -2.33. The molecule has 1 fully saturated rings. The molecule has 30 heavy (non-hydrogen) atoms. The molecule has 10 heteroatoms. The first kappa shape index (κ1) is 19.5. The minimum Gasteiger partial charge on any atom is -0.397 e. The van der Waals surface area contributed by atoms with Crippen LogP contribution in [-0.4, -0.2) is 45.0 Å². The summed E-state index contributed by atoms with van der Waals surface area (Å²) in [5.41, 5.74) is 14.2. The zero-order valence-corrected chi connectivity index (χ0v) is 16.2. The molecule has 0 unspecified atom stereocenters. The van der Waals surface area contributed by atoms with Crippen LogP contribution in [0.1, 0.15) is 23.3 Å². The monoisotopic (exact) mass is 406 g/mol. The Labute approximate surface area is 172 Å². The van der Waals surface area contributed by atoms with E-state index in [1.54, 1.807) is 24.5 Å². The van der Waals surface area contributed by atoms with Crippen LogP contribution in [0.4, 0.5) is 17.1 Å². The van der Waals surface area contributed by atoms with Crippen LogP contribution in [0.3, 0.4) is 0 Å². The third-order valence-electron chi connectivity index (χ3n) is 4.92. The molecule has 1 aliphatic heterocycles. The number of carbonyl (C=O) groups excluding carboxylic acids is 1. The van der Waals surface area contributed by atoms with Crippen molar-refractivity contribution < 1.29 is 4.79 Å². The van der Waals surface area contributed by atoms with Crippen molar-refractivity contribution in [2.24, 2.45) is 5.73 Å². The lowest BCUT2D eigenvalue weighted by atomic mass is 10.1. The van der Waals surface area contributed by atoms with Gasteiger partial charge in [-0.2, -0.15) is 0 Å². The van der Waals surface area contributed by atoms with E-state index in [0.29, 0.717) is 23.6 Å². The van der Waals surface area contributed by atoms with E-state index in [2.05, 4.69) is 30.2 Å². The molecular weight excluding hydrogens is 384 g/mol. The number of rotatable bonds is 4. The molecule has 4 rings (SSSR count). The molecule has 3 aromatic heterocycles. The standard InChI is InChI=1S/C20H22N8O2/c21-12-2-1-7-28(11-12)17-5-6-23-9-16(17)27-20(30)19-13(22)3-4-14(26-19)15-8-24-10-18(29)25-15/h3-6,8-10,12H,1-2,7,11,21-22H2,(H,25,29)(H,27,30)/t12-/m0/s1. The van der Waals surface area contributed by atoms with Crippen molar-refractivity contribution in [1.82, 2.24) is 19.9 Å². The van der Waals surface area contributed by atoms with E-state index in [1.807, 2.05) is 6.07 Å². The average Bonchev–Trinajstić information content (AvgIpc) is 2.74. The zero-order valence-electron chi connectivity index (χ0n) is 16.2. The molecule has 3 aromatic rings. The van der Waals surface area contributed by atoms with Gasteiger partial charge >= 0.3 is 0 Å². The van der Waals surface area contributed by atoms with Gasteiger partial charge in [-0.15, -0.1) is 0 Å². The van der Waals surface area contributed by atoms with Crippen LogP contribution < -0.4 is 27.2 Å². The van der Waals surface area contributed by atoms with Crippen LogP contribution >= 0.6 is 0 Å². The van der Waals surface area contributed by atoms with Crippen molar-refractivity contribution in [3.05, 3.63) is 59.0 Å². The number of H-pyrrole nitrogens is 1. The summed E-state index contributed by atoms with van der Waals surface area (Å²) in [7, 11) is 0. The second-order valence-corrected chi connectivity index (χ2v) is 7.14. The van der Waals surface area contributed by atoms with Gasteiger partial charge in [-0.1, -0.05) is 0 Å². The fourth-order valence-electron chi connectivity index (χ4n) is 3.48. The van der Waals surface area contributed by atoms with Crippen LogP contribution in [-0.2, 0) is 0 Å². The third-order valence-corrected chi connectivity index (χ3v) is 4.92. The summed E-state index contributed by atoms with van der Waals surface area (Å²) in [6, 6.07) is 5.12. The normalized spacial score (nSPS) is 16.3.